The Kier molecular flexibility index (Phi) is 7.57. The van der Waals surface area contributed by atoms with Gasteiger partial charge in [0.2, 0.25) is 5.88 Å². The molecule has 2 aliphatic rings. The lowest BCUT2D eigenvalue weighted by molar-refractivity contribution is 0.0983. The number of nitrogen functional groups attached to an aromatic ring is 1. The maximum atomic E-state index is 15.0. The van der Waals surface area contributed by atoms with E-state index in [0.717, 1.165) is 0 Å². The zero-order chi connectivity index (χ0) is 30.3. The number of rotatable bonds is 8. The summed E-state index contributed by atoms with van der Waals surface area (Å²) in [6.07, 6.45) is 5.41. The van der Waals surface area contributed by atoms with Crippen molar-refractivity contribution >= 4 is 27.5 Å². The molecule has 4 aromatic rings. The summed E-state index contributed by atoms with van der Waals surface area (Å²) in [7, 11) is -3.56. The van der Waals surface area contributed by atoms with Crippen molar-refractivity contribution in [3.05, 3.63) is 99.9 Å². The first kappa shape index (κ1) is 28.7. The minimum atomic E-state index is -3.56. The zero-order valence-electron chi connectivity index (χ0n) is 23.2. The van der Waals surface area contributed by atoms with Crippen molar-refractivity contribution in [3.8, 4) is 17.3 Å². The highest BCUT2D eigenvalue weighted by Crippen LogP contribution is 2.33. The number of hydrogen-bond donors (Lipinski definition) is 1. The molecular weight excluding hydrogens is 578 g/mol. The van der Waals surface area contributed by atoms with Gasteiger partial charge in [-0.25, -0.2) is 26.9 Å². The average Bonchev–Trinajstić information content (AvgIpc) is 3.57. The first-order chi connectivity index (χ1) is 20.6. The summed E-state index contributed by atoms with van der Waals surface area (Å²) in [6, 6.07) is 10.4. The minimum absolute atomic E-state index is 0.0346. The van der Waals surface area contributed by atoms with E-state index in [9.17, 15) is 22.0 Å². The Balaban J connectivity index is 1.19. The Bertz CT molecular complexity index is 1880. The molecule has 0 radical (unpaired) electrons. The molecule has 6 rings (SSSR count). The normalized spacial score (nSPS) is 15.3. The monoisotopic (exact) mass is 606 g/mol. The largest absolute Gasteiger partial charge is 0.436 e. The fourth-order valence-corrected chi connectivity index (χ4v) is 7.18. The Morgan fingerprint density at radius 2 is 1.88 bits per heavy atom. The van der Waals surface area contributed by atoms with Gasteiger partial charge in [0.1, 0.15) is 11.6 Å². The summed E-state index contributed by atoms with van der Waals surface area (Å²) < 4.78 is 67.0. The van der Waals surface area contributed by atoms with Gasteiger partial charge in [0.05, 0.1) is 34.6 Å². The van der Waals surface area contributed by atoms with Crippen LogP contribution < -0.4 is 10.5 Å². The van der Waals surface area contributed by atoms with Crippen LogP contribution in [0.25, 0.3) is 11.8 Å². The molecule has 1 aliphatic heterocycles. The molecule has 0 amide bonds. The highest BCUT2D eigenvalue weighted by molar-refractivity contribution is 7.91. The van der Waals surface area contributed by atoms with Gasteiger partial charge in [0.25, 0.3) is 0 Å². The van der Waals surface area contributed by atoms with Crippen molar-refractivity contribution in [2.75, 3.05) is 18.9 Å². The summed E-state index contributed by atoms with van der Waals surface area (Å²) in [5, 5.41) is 3.74. The third-order valence-electron chi connectivity index (χ3n) is 7.73. The number of aryl methyl sites for hydroxylation is 1. The van der Waals surface area contributed by atoms with Gasteiger partial charge in [-0.1, -0.05) is 18.2 Å². The van der Waals surface area contributed by atoms with Gasteiger partial charge < -0.3 is 15.2 Å². The van der Waals surface area contributed by atoms with Crippen molar-refractivity contribution in [3.63, 3.8) is 0 Å². The molecule has 43 heavy (non-hydrogen) atoms. The molecule has 3 heterocycles. The fourth-order valence-electron chi connectivity index (χ4n) is 5.38. The van der Waals surface area contributed by atoms with Crippen LogP contribution in [-0.4, -0.2) is 47.4 Å². The smallest absolute Gasteiger partial charge is 0.219 e. The van der Waals surface area contributed by atoms with Crippen molar-refractivity contribution in [1.29, 1.82) is 0 Å². The van der Waals surface area contributed by atoms with E-state index >= 15 is 0 Å². The molecular formula is C31H28F2N4O5S. The van der Waals surface area contributed by atoms with E-state index in [4.69, 9.17) is 15.2 Å². The van der Waals surface area contributed by atoms with Crippen molar-refractivity contribution in [1.82, 2.24) is 14.8 Å². The van der Waals surface area contributed by atoms with Crippen LogP contribution in [0.1, 0.15) is 45.5 Å². The molecule has 2 aromatic carbocycles. The standard InChI is InChI=1S/C31H28F2N4O5S/c1-18-10-29(42-28-5-3-2-4-25(28)32)35-16-27(18)37-31(34)24(15-36-37)30(38)21-11-19-13-22(26(33)14-20(19)12-21)17-43(39,40)23-6-8-41-9-7-23/h2-5,10,12-16,23H,6-9,11,17,34H2,1H3. The van der Waals surface area contributed by atoms with Gasteiger partial charge in [-0.05, 0) is 60.7 Å². The zero-order valence-corrected chi connectivity index (χ0v) is 24.0. The second kappa shape index (κ2) is 11.3. The number of fused-ring (bicyclic) bond motifs is 1. The average molecular weight is 607 g/mol. The number of benzene rings is 2. The van der Waals surface area contributed by atoms with Crippen molar-refractivity contribution in [2.45, 2.75) is 37.2 Å². The van der Waals surface area contributed by atoms with Crippen molar-refractivity contribution in [2.24, 2.45) is 0 Å². The van der Waals surface area contributed by atoms with Crippen LogP contribution in [0.4, 0.5) is 14.6 Å². The Morgan fingerprint density at radius 1 is 1.12 bits per heavy atom. The number of carbonyl (C=O) groups is 1. The second-order valence-electron chi connectivity index (χ2n) is 10.6. The van der Waals surface area contributed by atoms with E-state index in [1.807, 2.05) is 0 Å². The van der Waals surface area contributed by atoms with Gasteiger partial charge in [0.15, 0.2) is 27.2 Å². The minimum Gasteiger partial charge on any atom is -0.436 e. The lowest BCUT2D eigenvalue weighted by Gasteiger charge is -2.22. The number of nitrogens with zero attached hydrogens (tertiary/aromatic N) is 3. The number of allylic oxidation sites excluding steroid dienone is 1. The SMILES string of the molecule is Cc1cc(Oc2ccccc2F)ncc1-n1ncc(C(=O)C2=Cc3cc(F)c(CS(=O)(=O)C4CCOCC4)cc3C2)c1N. The van der Waals surface area contributed by atoms with Crippen LogP contribution in [0.2, 0.25) is 0 Å². The molecule has 2 aromatic heterocycles. The van der Waals surface area contributed by atoms with E-state index in [1.165, 1.54) is 41.3 Å². The molecule has 1 aliphatic carbocycles. The number of aromatic nitrogens is 3. The maximum Gasteiger partial charge on any atom is 0.219 e. The lowest BCUT2D eigenvalue weighted by Crippen LogP contribution is -2.30. The van der Waals surface area contributed by atoms with E-state index in [2.05, 4.69) is 10.1 Å². The third-order valence-corrected chi connectivity index (χ3v) is 9.93. The number of pyridine rings is 1. The second-order valence-corrected chi connectivity index (χ2v) is 12.9. The summed E-state index contributed by atoms with van der Waals surface area (Å²) in [4.78, 5) is 17.7. The number of halogens is 2. The molecule has 9 nitrogen and oxygen atoms in total. The Hall–Kier alpha value is -4.42. The fraction of sp³-hybridized carbons (Fsp3) is 0.258. The maximum absolute atomic E-state index is 15.0. The molecule has 12 heteroatoms. The van der Waals surface area contributed by atoms with Crippen LogP contribution in [0.5, 0.6) is 11.6 Å². The number of nitrogens with two attached hydrogens (primary N) is 1. The third kappa shape index (κ3) is 5.67. The van der Waals surface area contributed by atoms with Gasteiger partial charge >= 0.3 is 0 Å². The molecule has 0 atom stereocenters. The van der Waals surface area contributed by atoms with Crippen LogP contribution >= 0.6 is 0 Å². The predicted molar refractivity (Wildman–Crippen MR) is 156 cm³/mol. The molecule has 0 unspecified atom stereocenters. The first-order valence-electron chi connectivity index (χ1n) is 13.7. The van der Waals surface area contributed by atoms with E-state index in [0.29, 0.717) is 54.0 Å². The molecule has 0 spiro atoms. The quantitative estimate of drug-likeness (QED) is 0.273. The van der Waals surface area contributed by atoms with Gasteiger partial charge in [-0.15, -0.1) is 0 Å². The van der Waals surface area contributed by atoms with E-state index < -0.39 is 32.5 Å². The van der Waals surface area contributed by atoms with Gasteiger partial charge in [-0.2, -0.15) is 5.10 Å². The Morgan fingerprint density at radius 3 is 2.63 bits per heavy atom. The highest BCUT2D eigenvalue weighted by Gasteiger charge is 2.30. The van der Waals surface area contributed by atoms with E-state index in [1.54, 1.807) is 31.2 Å². The van der Waals surface area contributed by atoms with Crippen LogP contribution in [0.3, 0.4) is 0 Å². The summed E-state index contributed by atoms with van der Waals surface area (Å²) in [6.45, 7) is 2.52. The number of ether oxygens (including phenoxy) is 2. The lowest BCUT2D eigenvalue weighted by atomic mass is 10.0. The number of anilines is 1. The van der Waals surface area contributed by atoms with Crippen LogP contribution in [0, 0.1) is 18.6 Å². The van der Waals surface area contributed by atoms with Crippen LogP contribution in [-0.2, 0) is 26.7 Å². The highest BCUT2D eigenvalue weighted by atomic mass is 32.2. The Labute approximate surface area is 246 Å². The number of ketones is 1. The number of para-hydroxylation sites is 1. The molecule has 0 saturated carbocycles. The number of hydrogen-bond acceptors (Lipinski definition) is 8. The summed E-state index contributed by atoms with van der Waals surface area (Å²) in [5.41, 5.74) is 9.34. The summed E-state index contributed by atoms with van der Waals surface area (Å²) >= 11 is 0. The number of carbonyl (C=O) groups excluding carboxylic acids is 1. The van der Waals surface area contributed by atoms with E-state index in [-0.39, 0.29) is 40.8 Å². The molecule has 0 bridgehead atoms. The van der Waals surface area contributed by atoms with Gasteiger partial charge in [-0.3, -0.25) is 4.79 Å². The number of sulfone groups is 1. The van der Waals surface area contributed by atoms with Gasteiger partial charge in [0, 0.05) is 36.8 Å². The molecule has 1 saturated heterocycles. The topological polar surface area (TPSA) is 126 Å². The summed E-state index contributed by atoms with van der Waals surface area (Å²) in [5.74, 6) is -1.63. The number of Topliss-reactive ketones (excluding diaryl/α,β-unsaturated/α-hetero) is 1. The predicted octanol–water partition coefficient (Wildman–Crippen LogP) is 5.14. The molecule has 1 fully saturated rings. The first-order valence-corrected chi connectivity index (χ1v) is 15.4. The molecule has 2 N–H and O–H groups in total. The van der Waals surface area contributed by atoms with Crippen molar-refractivity contribution < 1.29 is 31.5 Å². The molecule has 222 valence electrons. The van der Waals surface area contributed by atoms with Crippen LogP contribution in [0.15, 0.2) is 60.4 Å².